The Morgan fingerprint density at radius 3 is 3.07 bits per heavy atom. The Balaban J connectivity index is 1.87. The van der Waals surface area contributed by atoms with Crippen LogP contribution in [-0.2, 0) is 0 Å². The average Bonchev–Trinajstić information content (AvgIpc) is 2.99. The standard InChI is InChI=1S/C10H14IN3/c1-7(8-2-3-8)4-13-10-9(11)5-12-6-14-10/h5-8H,2-4H2,1H3,(H,12,13,14). The fraction of sp³-hybridized carbons (Fsp3) is 0.600. The normalized spacial score (nSPS) is 17.9. The molecule has 0 amide bonds. The van der Waals surface area contributed by atoms with E-state index < -0.39 is 0 Å². The topological polar surface area (TPSA) is 37.8 Å². The van der Waals surface area contributed by atoms with Crippen LogP contribution in [0.15, 0.2) is 12.5 Å². The smallest absolute Gasteiger partial charge is 0.142 e. The molecule has 0 aromatic carbocycles. The highest BCUT2D eigenvalue weighted by Gasteiger charge is 2.27. The summed E-state index contributed by atoms with van der Waals surface area (Å²) in [5.41, 5.74) is 0. The van der Waals surface area contributed by atoms with Crippen LogP contribution in [0.2, 0.25) is 0 Å². The van der Waals surface area contributed by atoms with Gasteiger partial charge in [0.1, 0.15) is 12.1 Å². The summed E-state index contributed by atoms with van der Waals surface area (Å²) in [5, 5.41) is 3.38. The van der Waals surface area contributed by atoms with E-state index in [1.165, 1.54) is 12.8 Å². The lowest BCUT2D eigenvalue weighted by Gasteiger charge is -2.12. The third-order valence-corrected chi connectivity index (χ3v) is 3.48. The van der Waals surface area contributed by atoms with Crippen LogP contribution < -0.4 is 5.32 Å². The van der Waals surface area contributed by atoms with Crippen molar-refractivity contribution in [2.45, 2.75) is 19.8 Å². The van der Waals surface area contributed by atoms with Gasteiger partial charge in [0.05, 0.1) is 3.57 Å². The number of nitrogens with one attached hydrogen (secondary N) is 1. The van der Waals surface area contributed by atoms with Crippen molar-refractivity contribution in [2.24, 2.45) is 11.8 Å². The largest absolute Gasteiger partial charge is 0.369 e. The van der Waals surface area contributed by atoms with Crippen LogP contribution in [0.3, 0.4) is 0 Å². The van der Waals surface area contributed by atoms with Gasteiger partial charge < -0.3 is 5.32 Å². The number of hydrogen-bond acceptors (Lipinski definition) is 3. The lowest BCUT2D eigenvalue weighted by Crippen LogP contribution is -2.14. The van der Waals surface area contributed by atoms with Gasteiger partial charge in [0.2, 0.25) is 0 Å². The monoisotopic (exact) mass is 303 g/mol. The summed E-state index contributed by atoms with van der Waals surface area (Å²) in [6, 6.07) is 0. The van der Waals surface area contributed by atoms with Crippen LogP contribution >= 0.6 is 22.6 Å². The van der Waals surface area contributed by atoms with E-state index in [1.54, 1.807) is 6.33 Å². The molecule has 1 atom stereocenters. The van der Waals surface area contributed by atoms with Gasteiger partial charge in [-0.3, -0.25) is 0 Å². The van der Waals surface area contributed by atoms with E-state index in [9.17, 15) is 0 Å². The molecular formula is C10H14IN3. The zero-order valence-electron chi connectivity index (χ0n) is 8.20. The van der Waals surface area contributed by atoms with E-state index in [0.29, 0.717) is 0 Å². The summed E-state index contributed by atoms with van der Waals surface area (Å²) < 4.78 is 1.09. The van der Waals surface area contributed by atoms with Crippen molar-refractivity contribution in [1.29, 1.82) is 0 Å². The van der Waals surface area contributed by atoms with E-state index in [1.807, 2.05) is 6.20 Å². The molecule has 0 spiro atoms. The summed E-state index contributed by atoms with van der Waals surface area (Å²) in [6.45, 7) is 3.33. The van der Waals surface area contributed by atoms with Gasteiger partial charge in [-0.1, -0.05) is 6.92 Å². The summed E-state index contributed by atoms with van der Waals surface area (Å²) in [5.74, 6) is 2.68. The molecule has 1 heterocycles. The Hall–Kier alpha value is -0.390. The fourth-order valence-electron chi connectivity index (χ4n) is 1.53. The molecule has 1 aliphatic carbocycles. The number of halogens is 1. The van der Waals surface area contributed by atoms with Gasteiger partial charge in [0.15, 0.2) is 0 Å². The summed E-state index contributed by atoms with van der Waals surface area (Å²) in [4.78, 5) is 8.16. The summed E-state index contributed by atoms with van der Waals surface area (Å²) >= 11 is 2.25. The Morgan fingerprint density at radius 2 is 2.43 bits per heavy atom. The van der Waals surface area contributed by atoms with E-state index >= 15 is 0 Å². The van der Waals surface area contributed by atoms with Crippen LogP contribution in [0.4, 0.5) is 5.82 Å². The molecule has 3 nitrogen and oxygen atoms in total. The molecule has 1 unspecified atom stereocenters. The first kappa shape index (κ1) is 10.1. The van der Waals surface area contributed by atoms with Gasteiger partial charge in [-0.2, -0.15) is 0 Å². The molecule has 1 aliphatic rings. The lowest BCUT2D eigenvalue weighted by atomic mass is 10.1. The van der Waals surface area contributed by atoms with E-state index in [0.717, 1.165) is 27.8 Å². The lowest BCUT2D eigenvalue weighted by molar-refractivity contribution is 0.535. The zero-order valence-corrected chi connectivity index (χ0v) is 10.4. The van der Waals surface area contributed by atoms with Gasteiger partial charge >= 0.3 is 0 Å². The van der Waals surface area contributed by atoms with Crippen molar-refractivity contribution in [3.05, 3.63) is 16.1 Å². The van der Waals surface area contributed by atoms with E-state index in [2.05, 4.69) is 44.8 Å². The Kier molecular flexibility index (Phi) is 3.20. The molecule has 1 aromatic rings. The van der Waals surface area contributed by atoms with Gasteiger partial charge in [0.25, 0.3) is 0 Å². The van der Waals surface area contributed by atoms with Crippen molar-refractivity contribution in [3.63, 3.8) is 0 Å². The molecule has 1 saturated carbocycles. The maximum Gasteiger partial charge on any atom is 0.142 e. The van der Waals surface area contributed by atoms with E-state index in [4.69, 9.17) is 0 Å². The second-order valence-corrected chi connectivity index (χ2v) is 5.08. The first-order chi connectivity index (χ1) is 6.77. The van der Waals surface area contributed by atoms with Crippen molar-refractivity contribution in [3.8, 4) is 0 Å². The first-order valence-corrected chi connectivity index (χ1v) is 6.04. The van der Waals surface area contributed by atoms with Crippen LogP contribution in [0, 0.1) is 15.4 Å². The van der Waals surface area contributed by atoms with Gasteiger partial charge in [-0.05, 0) is 47.3 Å². The number of anilines is 1. The van der Waals surface area contributed by atoms with Crippen LogP contribution in [0.5, 0.6) is 0 Å². The van der Waals surface area contributed by atoms with Gasteiger partial charge in [0, 0.05) is 12.7 Å². The van der Waals surface area contributed by atoms with Crippen molar-refractivity contribution in [2.75, 3.05) is 11.9 Å². The molecule has 1 aromatic heterocycles. The molecule has 2 rings (SSSR count). The third-order valence-electron chi connectivity index (χ3n) is 2.69. The third kappa shape index (κ3) is 2.56. The highest BCUT2D eigenvalue weighted by Crippen LogP contribution is 2.36. The maximum absolute atomic E-state index is 4.20. The quantitative estimate of drug-likeness (QED) is 0.869. The number of hydrogen-bond donors (Lipinski definition) is 1. The van der Waals surface area contributed by atoms with Crippen LogP contribution in [0.1, 0.15) is 19.8 Å². The van der Waals surface area contributed by atoms with Gasteiger partial charge in [-0.25, -0.2) is 9.97 Å². The number of nitrogens with zero attached hydrogens (tertiary/aromatic N) is 2. The van der Waals surface area contributed by atoms with E-state index in [-0.39, 0.29) is 0 Å². The molecule has 1 N–H and O–H groups in total. The van der Waals surface area contributed by atoms with Crippen molar-refractivity contribution in [1.82, 2.24) is 9.97 Å². The highest BCUT2D eigenvalue weighted by molar-refractivity contribution is 14.1. The zero-order chi connectivity index (χ0) is 9.97. The predicted octanol–water partition coefficient (Wildman–Crippen LogP) is 2.54. The summed E-state index contributed by atoms with van der Waals surface area (Å²) in [7, 11) is 0. The highest BCUT2D eigenvalue weighted by atomic mass is 127. The molecule has 1 fully saturated rings. The fourth-order valence-corrected chi connectivity index (χ4v) is 2.02. The Labute approximate surface area is 97.9 Å². The molecular weight excluding hydrogens is 289 g/mol. The second kappa shape index (κ2) is 4.42. The van der Waals surface area contributed by atoms with Crippen LogP contribution in [-0.4, -0.2) is 16.5 Å². The molecule has 14 heavy (non-hydrogen) atoms. The molecule has 0 radical (unpaired) electrons. The maximum atomic E-state index is 4.20. The summed E-state index contributed by atoms with van der Waals surface area (Å²) in [6.07, 6.45) is 6.23. The average molecular weight is 303 g/mol. The SMILES string of the molecule is CC(CNc1ncncc1I)C1CC1. The van der Waals surface area contributed by atoms with Gasteiger partial charge in [-0.15, -0.1) is 0 Å². The number of aromatic nitrogens is 2. The van der Waals surface area contributed by atoms with Crippen LogP contribution in [0.25, 0.3) is 0 Å². The molecule has 76 valence electrons. The second-order valence-electron chi connectivity index (χ2n) is 3.91. The molecule has 0 aliphatic heterocycles. The minimum absolute atomic E-state index is 0.765. The Morgan fingerprint density at radius 1 is 1.64 bits per heavy atom. The van der Waals surface area contributed by atoms with Crippen molar-refractivity contribution >= 4 is 28.4 Å². The first-order valence-electron chi connectivity index (χ1n) is 4.96. The predicted molar refractivity (Wildman–Crippen MR) is 65.1 cm³/mol. The Bertz CT molecular complexity index is 312. The minimum atomic E-state index is 0.765. The molecule has 0 saturated heterocycles. The molecule has 4 heteroatoms. The minimum Gasteiger partial charge on any atom is -0.369 e. The molecule has 0 bridgehead atoms. The van der Waals surface area contributed by atoms with Crippen molar-refractivity contribution < 1.29 is 0 Å². The number of rotatable bonds is 4.